The van der Waals surface area contributed by atoms with Crippen molar-refractivity contribution in [1.82, 2.24) is 0 Å². The number of benzene rings is 2. The van der Waals surface area contributed by atoms with Crippen molar-refractivity contribution in [3.63, 3.8) is 0 Å². The number of rotatable bonds is 19. The van der Waals surface area contributed by atoms with Crippen LogP contribution in [0.2, 0.25) is 0 Å². The van der Waals surface area contributed by atoms with Crippen LogP contribution < -0.4 is 5.73 Å². The molecule has 0 aliphatic heterocycles. The fraction of sp³-hybridized carbons (Fsp3) is 0.600. The highest BCUT2D eigenvalue weighted by atomic mass is 14.5. The predicted molar refractivity (Wildman–Crippen MR) is 137 cm³/mol. The third kappa shape index (κ3) is 13.4. The monoisotopic (exact) mass is 421 g/mol. The summed E-state index contributed by atoms with van der Waals surface area (Å²) in [4.78, 5) is 0. The van der Waals surface area contributed by atoms with Crippen LogP contribution in [-0.2, 0) is 12.8 Å². The lowest BCUT2D eigenvalue weighted by Gasteiger charge is -2.17. The summed E-state index contributed by atoms with van der Waals surface area (Å²) in [5, 5.41) is 0. The van der Waals surface area contributed by atoms with Crippen LogP contribution in [0.3, 0.4) is 0 Å². The Hall–Kier alpha value is -1.60. The largest absolute Gasteiger partial charge is 0.330 e. The second kappa shape index (κ2) is 18.0. The molecule has 2 aromatic carbocycles. The molecule has 0 unspecified atom stereocenters. The first-order valence-corrected chi connectivity index (χ1v) is 13.2. The van der Waals surface area contributed by atoms with Crippen molar-refractivity contribution in [1.29, 1.82) is 0 Å². The molecule has 2 N–H and O–H groups in total. The normalized spacial score (nSPS) is 11.3. The molecule has 0 aliphatic carbocycles. The van der Waals surface area contributed by atoms with Gasteiger partial charge in [-0.25, -0.2) is 0 Å². The van der Waals surface area contributed by atoms with E-state index in [0.29, 0.717) is 0 Å². The molecule has 0 fully saturated rings. The van der Waals surface area contributed by atoms with Crippen molar-refractivity contribution in [2.75, 3.05) is 6.54 Å². The van der Waals surface area contributed by atoms with Crippen LogP contribution in [0.15, 0.2) is 60.7 Å². The summed E-state index contributed by atoms with van der Waals surface area (Å²) in [6, 6.07) is 22.1. The second-order valence-electron chi connectivity index (χ2n) is 9.38. The fourth-order valence-electron chi connectivity index (χ4n) is 4.63. The Bertz CT molecular complexity index is 578. The van der Waals surface area contributed by atoms with Gasteiger partial charge < -0.3 is 5.73 Å². The minimum absolute atomic E-state index is 0.855. The van der Waals surface area contributed by atoms with E-state index in [2.05, 4.69) is 60.7 Å². The van der Waals surface area contributed by atoms with E-state index in [1.807, 2.05) is 0 Å². The maximum absolute atomic E-state index is 5.55. The lowest BCUT2D eigenvalue weighted by Crippen LogP contribution is -2.05. The summed E-state index contributed by atoms with van der Waals surface area (Å²) in [5.74, 6) is 0.855. The van der Waals surface area contributed by atoms with Gasteiger partial charge in [0, 0.05) is 0 Å². The van der Waals surface area contributed by atoms with Crippen molar-refractivity contribution < 1.29 is 0 Å². The average molecular weight is 422 g/mol. The van der Waals surface area contributed by atoms with Gasteiger partial charge in [0.15, 0.2) is 0 Å². The molecule has 0 heterocycles. The van der Waals surface area contributed by atoms with Crippen molar-refractivity contribution in [3.8, 4) is 0 Å². The lowest BCUT2D eigenvalue weighted by molar-refractivity contribution is 0.397. The molecule has 0 aliphatic rings. The molecule has 31 heavy (non-hydrogen) atoms. The van der Waals surface area contributed by atoms with Crippen molar-refractivity contribution in [2.45, 2.75) is 103 Å². The standard InChI is InChI=1S/C30H47N/c31-27-17-9-7-5-3-1-2-4-6-8-12-22-30(25-23-28-18-13-10-14-19-28)26-24-29-20-15-11-16-21-29/h10-11,13-16,18-21,30H,1-9,12,17,22-27,31H2. The number of nitrogens with two attached hydrogens (primary N) is 1. The SMILES string of the molecule is NCCCCCCCCCCCCCC(CCc1ccccc1)CCc1ccccc1. The van der Waals surface area contributed by atoms with E-state index in [4.69, 9.17) is 5.73 Å². The number of aryl methyl sites for hydroxylation is 2. The van der Waals surface area contributed by atoms with Crippen LogP contribution in [0, 0.1) is 5.92 Å². The number of hydrogen-bond acceptors (Lipinski definition) is 1. The van der Waals surface area contributed by atoms with Crippen molar-refractivity contribution in [3.05, 3.63) is 71.8 Å². The summed E-state index contributed by atoms with van der Waals surface area (Å²) >= 11 is 0. The van der Waals surface area contributed by atoms with Crippen LogP contribution in [0.5, 0.6) is 0 Å². The maximum atomic E-state index is 5.55. The minimum atomic E-state index is 0.855. The first-order chi connectivity index (χ1) is 15.4. The summed E-state index contributed by atoms with van der Waals surface area (Å²) in [5.41, 5.74) is 8.55. The van der Waals surface area contributed by atoms with Gasteiger partial charge in [0.25, 0.3) is 0 Å². The Morgan fingerprint density at radius 1 is 0.452 bits per heavy atom. The molecule has 0 atom stereocenters. The quantitative estimate of drug-likeness (QED) is 0.226. The van der Waals surface area contributed by atoms with Crippen molar-refractivity contribution >= 4 is 0 Å². The highest BCUT2D eigenvalue weighted by molar-refractivity contribution is 5.16. The highest BCUT2D eigenvalue weighted by Gasteiger charge is 2.10. The zero-order chi connectivity index (χ0) is 21.8. The molecule has 0 bridgehead atoms. The molecule has 0 amide bonds. The van der Waals surface area contributed by atoms with E-state index in [1.54, 1.807) is 0 Å². The highest BCUT2D eigenvalue weighted by Crippen LogP contribution is 2.23. The maximum Gasteiger partial charge on any atom is -0.00773 e. The molecule has 0 saturated carbocycles. The Balaban J connectivity index is 1.57. The molecular weight excluding hydrogens is 374 g/mol. The first-order valence-electron chi connectivity index (χ1n) is 13.2. The van der Waals surface area contributed by atoms with E-state index >= 15 is 0 Å². The molecule has 0 aromatic heterocycles. The molecule has 2 aromatic rings. The van der Waals surface area contributed by atoms with Gasteiger partial charge in [-0.1, -0.05) is 131 Å². The molecule has 0 saturated heterocycles. The fourth-order valence-corrected chi connectivity index (χ4v) is 4.63. The summed E-state index contributed by atoms with van der Waals surface area (Å²) in [7, 11) is 0. The third-order valence-corrected chi connectivity index (χ3v) is 6.68. The van der Waals surface area contributed by atoms with E-state index in [0.717, 1.165) is 12.5 Å². The lowest BCUT2D eigenvalue weighted by atomic mass is 9.88. The topological polar surface area (TPSA) is 26.0 Å². The van der Waals surface area contributed by atoms with E-state index in [1.165, 1.54) is 114 Å². The molecular formula is C30H47N. The van der Waals surface area contributed by atoms with E-state index in [9.17, 15) is 0 Å². The smallest absolute Gasteiger partial charge is 0.00773 e. The molecule has 0 radical (unpaired) electrons. The molecule has 1 heteroatoms. The molecule has 0 spiro atoms. The van der Waals surface area contributed by atoms with Crippen LogP contribution in [0.4, 0.5) is 0 Å². The van der Waals surface area contributed by atoms with Crippen LogP contribution in [0.25, 0.3) is 0 Å². The Labute approximate surface area is 192 Å². The summed E-state index contributed by atoms with van der Waals surface area (Å²) < 4.78 is 0. The van der Waals surface area contributed by atoms with Crippen LogP contribution in [0.1, 0.15) is 101 Å². The van der Waals surface area contributed by atoms with Gasteiger partial charge in [-0.05, 0) is 55.7 Å². The zero-order valence-corrected chi connectivity index (χ0v) is 19.9. The average Bonchev–Trinajstić information content (AvgIpc) is 2.82. The summed E-state index contributed by atoms with van der Waals surface area (Å²) in [6.45, 7) is 0.860. The Morgan fingerprint density at radius 2 is 0.839 bits per heavy atom. The Morgan fingerprint density at radius 3 is 1.26 bits per heavy atom. The number of hydrogen-bond donors (Lipinski definition) is 1. The Kier molecular flexibility index (Phi) is 14.9. The second-order valence-corrected chi connectivity index (χ2v) is 9.38. The zero-order valence-electron chi connectivity index (χ0n) is 19.9. The van der Waals surface area contributed by atoms with Gasteiger partial charge in [-0.15, -0.1) is 0 Å². The first kappa shape index (κ1) is 25.7. The van der Waals surface area contributed by atoms with Gasteiger partial charge in [0.05, 0.1) is 0 Å². The van der Waals surface area contributed by atoms with Crippen LogP contribution >= 0.6 is 0 Å². The van der Waals surface area contributed by atoms with E-state index < -0.39 is 0 Å². The third-order valence-electron chi connectivity index (χ3n) is 6.68. The molecule has 1 nitrogen and oxygen atoms in total. The van der Waals surface area contributed by atoms with Gasteiger partial charge in [0.2, 0.25) is 0 Å². The summed E-state index contributed by atoms with van der Waals surface area (Å²) in [6.07, 6.45) is 21.8. The predicted octanol–water partition coefficient (Wildman–Crippen LogP) is 8.51. The van der Waals surface area contributed by atoms with Gasteiger partial charge in [-0.2, -0.15) is 0 Å². The molecule has 172 valence electrons. The molecule has 2 rings (SSSR count). The van der Waals surface area contributed by atoms with Crippen LogP contribution in [-0.4, -0.2) is 6.54 Å². The van der Waals surface area contributed by atoms with Gasteiger partial charge in [-0.3, -0.25) is 0 Å². The number of unbranched alkanes of at least 4 members (excludes halogenated alkanes) is 10. The van der Waals surface area contributed by atoms with E-state index in [-0.39, 0.29) is 0 Å². The van der Waals surface area contributed by atoms with Crippen molar-refractivity contribution in [2.24, 2.45) is 11.7 Å². The van der Waals surface area contributed by atoms with Gasteiger partial charge >= 0.3 is 0 Å². The van der Waals surface area contributed by atoms with Gasteiger partial charge in [0.1, 0.15) is 0 Å². The minimum Gasteiger partial charge on any atom is -0.330 e.